The van der Waals surface area contributed by atoms with Crippen molar-refractivity contribution in [1.29, 1.82) is 0 Å². The Labute approximate surface area is 304 Å². The smallest absolute Gasteiger partial charge is 0.407 e. The number of nitrogens with one attached hydrogen (secondary N) is 2. The first-order chi connectivity index (χ1) is 24.7. The van der Waals surface area contributed by atoms with Crippen LogP contribution in [0.25, 0.3) is 11.2 Å². The van der Waals surface area contributed by atoms with Crippen LogP contribution in [-0.4, -0.2) is 109 Å². The lowest BCUT2D eigenvalue weighted by atomic mass is 9.91. The van der Waals surface area contributed by atoms with Gasteiger partial charge in [-0.05, 0) is 59.1 Å². The van der Waals surface area contributed by atoms with Crippen LogP contribution in [0.3, 0.4) is 0 Å². The number of carbonyl (C=O) groups excluding carboxylic acids is 1. The maximum atomic E-state index is 12.7. The van der Waals surface area contributed by atoms with Crippen molar-refractivity contribution in [2.45, 2.75) is 102 Å². The number of nitrogens with zero attached hydrogens (tertiary/aromatic N) is 5. The molecule has 0 radical (unpaired) electrons. The lowest BCUT2D eigenvalue weighted by molar-refractivity contribution is -0.0511. The van der Waals surface area contributed by atoms with E-state index in [9.17, 15) is 20.1 Å². The number of amides is 1. The number of hydrogen-bond donors (Lipinski definition) is 5. The Kier molecular flexibility index (Phi) is 11.0. The molecule has 0 saturated carbocycles. The van der Waals surface area contributed by atoms with Gasteiger partial charge in [0.05, 0.1) is 30.7 Å². The monoisotopic (exact) mass is 717 g/mol. The summed E-state index contributed by atoms with van der Waals surface area (Å²) in [6, 6.07) is 20.2. The fourth-order valence-electron chi connectivity index (χ4n) is 6.86. The number of aliphatic hydroxyl groups is 3. The number of alkyl carbamates (subject to hydrolysis) is 1. The van der Waals surface area contributed by atoms with Gasteiger partial charge in [0.2, 0.25) is 5.95 Å². The molecule has 2 aliphatic heterocycles. The van der Waals surface area contributed by atoms with Crippen molar-refractivity contribution in [3.63, 3.8) is 0 Å². The van der Waals surface area contributed by atoms with Crippen molar-refractivity contribution < 1.29 is 34.3 Å². The van der Waals surface area contributed by atoms with Gasteiger partial charge in [-0.3, -0.25) is 4.57 Å². The Hall–Kier alpha value is -4.34. The quantitative estimate of drug-likeness (QED) is 0.151. The highest BCUT2D eigenvalue weighted by Gasteiger charge is 2.44. The molecule has 14 nitrogen and oxygen atoms in total. The number of aliphatic hydroxyl groups excluding tert-OH is 3. The summed E-state index contributed by atoms with van der Waals surface area (Å²) in [6.07, 6.45) is -3.31. The first kappa shape index (κ1) is 37.4. The molecular formula is C38H51N7O7. The third-order valence-corrected chi connectivity index (χ3v) is 9.11. The standard InChI is InChI=1S/C38H51N7O7/c1-37(2,3)51-26-17-25(18-40-36(49)52-38(4,5)6)44(20-26)35-42-32(39-19-27(23-13-9-7-10-14-23)24-15-11-8-12-16-24)29-33(43-35)45(22-41-29)34-31(48)30(47)28(21-46)50-34/h7-16,22,25-28,30-31,34,46-48H,17-21H2,1-6H3,(H,40,49)(H,39,42,43)/t25-,26+,28-,30-,31-,34-/m1/s1. The van der Waals surface area contributed by atoms with Gasteiger partial charge in [0.15, 0.2) is 23.2 Å². The van der Waals surface area contributed by atoms with E-state index >= 15 is 0 Å². The lowest BCUT2D eigenvalue weighted by Crippen LogP contribution is -2.42. The SMILES string of the molecule is CC(C)(C)OC(=O)NC[C@H]1C[C@H](OC(C)(C)C)CN1c1nc(NCC(c2ccccc2)c2ccccc2)c2ncn([C@@H]3O[C@H](CO)[C@@H](O)[C@H]3O)c2n1. The van der Waals surface area contributed by atoms with E-state index in [1.165, 1.54) is 6.33 Å². The highest BCUT2D eigenvalue weighted by Crippen LogP contribution is 2.35. The van der Waals surface area contributed by atoms with Crippen LogP contribution >= 0.6 is 0 Å². The van der Waals surface area contributed by atoms with Gasteiger partial charge in [-0.25, -0.2) is 9.78 Å². The molecule has 5 N–H and O–H groups in total. The van der Waals surface area contributed by atoms with Gasteiger partial charge in [-0.2, -0.15) is 9.97 Å². The van der Waals surface area contributed by atoms with Crippen LogP contribution in [-0.2, 0) is 14.2 Å². The maximum absolute atomic E-state index is 12.7. The zero-order valence-corrected chi connectivity index (χ0v) is 30.6. The third kappa shape index (κ3) is 8.64. The van der Waals surface area contributed by atoms with E-state index in [4.69, 9.17) is 24.2 Å². The zero-order valence-electron chi connectivity index (χ0n) is 30.6. The Balaban J connectivity index is 1.39. The molecule has 280 valence electrons. The summed E-state index contributed by atoms with van der Waals surface area (Å²) in [7, 11) is 0. The summed E-state index contributed by atoms with van der Waals surface area (Å²) in [6.45, 7) is 12.2. The fraction of sp³-hybridized carbons (Fsp3) is 0.526. The Morgan fingerprint density at radius 3 is 2.19 bits per heavy atom. The van der Waals surface area contributed by atoms with Gasteiger partial charge in [0.1, 0.15) is 23.9 Å². The maximum Gasteiger partial charge on any atom is 0.407 e. The van der Waals surface area contributed by atoms with E-state index in [1.54, 1.807) is 4.57 Å². The predicted octanol–water partition coefficient (Wildman–Crippen LogP) is 3.97. The molecule has 6 atom stereocenters. The third-order valence-electron chi connectivity index (χ3n) is 9.11. The number of fused-ring (bicyclic) bond motifs is 1. The zero-order chi connectivity index (χ0) is 37.2. The molecule has 2 saturated heterocycles. The minimum Gasteiger partial charge on any atom is -0.444 e. The number of imidazole rings is 1. The summed E-state index contributed by atoms with van der Waals surface area (Å²) >= 11 is 0. The molecule has 1 amide bonds. The lowest BCUT2D eigenvalue weighted by Gasteiger charge is -2.27. The van der Waals surface area contributed by atoms with Gasteiger partial charge in [0.25, 0.3) is 0 Å². The first-order valence-electron chi connectivity index (χ1n) is 17.8. The van der Waals surface area contributed by atoms with Gasteiger partial charge < -0.3 is 45.1 Å². The number of aromatic nitrogens is 4. The molecule has 14 heteroatoms. The molecular weight excluding hydrogens is 666 g/mol. The van der Waals surface area contributed by atoms with Crippen LogP contribution in [0.4, 0.5) is 16.6 Å². The normalized spacial score (nSPS) is 23.8. The molecule has 2 aromatic carbocycles. The number of hydrogen-bond acceptors (Lipinski definition) is 12. The second kappa shape index (κ2) is 15.3. The van der Waals surface area contributed by atoms with E-state index in [1.807, 2.05) is 82.8 Å². The number of anilines is 2. The molecule has 52 heavy (non-hydrogen) atoms. The molecule has 0 aliphatic carbocycles. The van der Waals surface area contributed by atoms with Crippen molar-refractivity contribution in [2.24, 2.45) is 0 Å². The summed E-state index contributed by atoms with van der Waals surface area (Å²) in [5.41, 5.74) is 1.97. The van der Waals surface area contributed by atoms with Crippen LogP contribution in [0.15, 0.2) is 67.0 Å². The Morgan fingerprint density at radius 2 is 1.62 bits per heavy atom. The van der Waals surface area contributed by atoms with Crippen LogP contribution in [0, 0.1) is 0 Å². The van der Waals surface area contributed by atoms with Gasteiger partial charge in [-0.1, -0.05) is 60.7 Å². The topological polar surface area (TPSA) is 176 Å². The van der Waals surface area contributed by atoms with E-state index in [0.717, 1.165) is 11.1 Å². The van der Waals surface area contributed by atoms with Crippen LogP contribution in [0.2, 0.25) is 0 Å². The number of rotatable bonds is 11. The van der Waals surface area contributed by atoms with Gasteiger partial charge in [0, 0.05) is 25.6 Å². The highest BCUT2D eigenvalue weighted by molar-refractivity contribution is 5.84. The van der Waals surface area contributed by atoms with Crippen molar-refractivity contribution in [1.82, 2.24) is 24.8 Å². The molecule has 2 aliphatic rings. The first-order valence-corrected chi connectivity index (χ1v) is 17.8. The van der Waals surface area contributed by atoms with Crippen molar-refractivity contribution in [3.05, 3.63) is 78.1 Å². The molecule has 4 heterocycles. The minimum atomic E-state index is -1.34. The molecule has 0 spiro atoms. The minimum absolute atomic E-state index is 0.0273. The molecule has 0 unspecified atom stereocenters. The predicted molar refractivity (Wildman–Crippen MR) is 196 cm³/mol. The number of ether oxygens (including phenoxy) is 3. The fourth-order valence-corrected chi connectivity index (χ4v) is 6.86. The molecule has 0 bridgehead atoms. The number of carbonyl (C=O) groups is 1. The summed E-state index contributed by atoms with van der Waals surface area (Å²) in [5, 5.41) is 37.9. The van der Waals surface area contributed by atoms with E-state index in [-0.39, 0.29) is 24.6 Å². The summed E-state index contributed by atoms with van der Waals surface area (Å²) in [4.78, 5) is 29.4. The van der Waals surface area contributed by atoms with Crippen molar-refractivity contribution in [3.8, 4) is 0 Å². The van der Waals surface area contributed by atoms with Crippen molar-refractivity contribution in [2.75, 3.05) is 36.5 Å². The second-order valence-corrected chi connectivity index (χ2v) is 15.5. The summed E-state index contributed by atoms with van der Waals surface area (Å²) in [5.74, 6) is 0.789. The van der Waals surface area contributed by atoms with Gasteiger partial charge >= 0.3 is 6.09 Å². The Morgan fingerprint density at radius 1 is 0.962 bits per heavy atom. The van der Waals surface area contributed by atoms with Crippen LogP contribution < -0.4 is 15.5 Å². The van der Waals surface area contributed by atoms with E-state index < -0.39 is 48.4 Å². The molecule has 4 aromatic rings. The van der Waals surface area contributed by atoms with Crippen molar-refractivity contribution >= 4 is 29.0 Å². The summed E-state index contributed by atoms with van der Waals surface area (Å²) < 4.78 is 19.4. The van der Waals surface area contributed by atoms with Crippen LogP contribution in [0.5, 0.6) is 0 Å². The molecule has 2 fully saturated rings. The van der Waals surface area contributed by atoms with E-state index in [0.29, 0.717) is 42.4 Å². The van der Waals surface area contributed by atoms with Gasteiger partial charge in [-0.15, -0.1) is 0 Å². The average molecular weight is 718 g/mol. The molecule has 2 aromatic heterocycles. The Bertz CT molecular complexity index is 1760. The second-order valence-electron chi connectivity index (χ2n) is 15.5. The van der Waals surface area contributed by atoms with Crippen LogP contribution in [0.1, 0.15) is 71.2 Å². The largest absolute Gasteiger partial charge is 0.444 e. The number of benzene rings is 2. The van der Waals surface area contributed by atoms with E-state index in [2.05, 4.69) is 39.9 Å². The average Bonchev–Trinajstić information content (AvgIpc) is 3.78. The highest BCUT2D eigenvalue weighted by atomic mass is 16.6. The molecule has 6 rings (SSSR count).